The zero-order chi connectivity index (χ0) is 21.3. The second-order valence-electron chi connectivity index (χ2n) is 6.81. The Labute approximate surface area is 173 Å². The molecule has 1 fully saturated rings. The lowest BCUT2D eigenvalue weighted by Crippen LogP contribution is -2.48. The van der Waals surface area contributed by atoms with E-state index in [1.165, 1.54) is 16.4 Å². The fourth-order valence-corrected chi connectivity index (χ4v) is 4.94. The number of sulfonamides is 1. The maximum absolute atomic E-state index is 13.1. The van der Waals surface area contributed by atoms with Gasteiger partial charge in [-0.3, -0.25) is 10.1 Å². The first kappa shape index (κ1) is 19.8. The Hall–Kier alpha value is -3.55. The molecular formula is C20H17N5O4S. The number of rotatable bonds is 4. The van der Waals surface area contributed by atoms with Crippen LogP contribution in [0.25, 0.3) is 10.8 Å². The van der Waals surface area contributed by atoms with Crippen molar-refractivity contribution >= 4 is 32.3 Å². The number of benzene rings is 2. The molecule has 1 saturated heterocycles. The van der Waals surface area contributed by atoms with Crippen molar-refractivity contribution in [2.24, 2.45) is 0 Å². The Morgan fingerprint density at radius 3 is 2.37 bits per heavy atom. The highest BCUT2D eigenvalue weighted by molar-refractivity contribution is 7.89. The van der Waals surface area contributed by atoms with E-state index in [0.29, 0.717) is 18.9 Å². The first-order valence-corrected chi connectivity index (χ1v) is 10.6. The highest BCUT2D eigenvalue weighted by atomic mass is 32.2. The molecule has 1 aromatic heterocycles. The van der Waals surface area contributed by atoms with Gasteiger partial charge in [-0.2, -0.15) is 9.57 Å². The summed E-state index contributed by atoms with van der Waals surface area (Å²) in [7, 11) is -3.65. The van der Waals surface area contributed by atoms with E-state index in [2.05, 4.69) is 4.98 Å². The smallest absolute Gasteiger partial charge is 0.305 e. The molecule has 0 N–H and O–H groups in total. The number of nitrogens with zero attached hydrogens (tertiary/aromatic N) is 5. The van der Waals surface area contributed by atoms with Gasteiger partial charge >= 0.3 is 5.69 Å². The molecule has 1 aliphatic heterocycles. The van der Waals surface area contributed by atoms with Crippen LogP contribution in [0, 0.1) is 21.4 Å². The molecule has 0 bridgehead atoms. The van der Waals surface area contributed by atoms with Crippen LogP contribution < -0.4 is 4.90 Å². The Bertz CT molecular complexity index is 1280. The van der Waals surface area contributed by atoms with Crippen LogP contribution in [0.2, 0.25) is 0 Å². The van der Waals surface area contributed by atoms with Crippen molar-refractivity contribution in [2.45, 2.75) is 4.90 Å². The number of hydrogen-bond donors (Lipinski definition) is 0. The molecule has 9 nitrogen and oxygen atoms in total. The monoisotopic (exact) mass is 423 g/mol. The summed E-state index contributed by atoms with van der Waals surface area (Å²) < 4.78 is 27.6. The number of piperazine rings is 1. The summed E-state index contributed by atoms with van der Waals surface area (Å²) in [6.45, 7) is 1.22. The maximum Gasteiger partial charge on any atom is 0.305 e. The third kappa shape index (κ3) is 3.56. The largest absolute Gasteiger partial charge is 0.354 e. The van der Waals surface area contributed by atoms with Crippen molar-refractivity contribution in [1.82, 2.24) is 9.29 Å². The first-order valence-electron chi connectivity index (χ1n) is 9.19. The van der Waals surface area contributed by atoms with Crippen molar-refractivity contribution in [2.75, 3.05) is 31.1 Å². The van der Waals surface area contributed by atoms with E-state index >= 15 is 0 Å². The van der Waals surface area contributed by atoms with Gasteiger partial charge in [-0.1, -0.05) is 30.3 Å². The first-order chi connectivity index (χ1) is 14.4. The number of aromatic nitrogens is 1. The minimum atomic E-state index is -3.65. The molecule has 0 aliphatic carbocycles. The second kappa shape index (κ2) is 7.70. The highest BCUT2D eigenvalue weighted by Crippen LogP contribution is 2.25. The molecule has 0 atom stereocenters. The topological polar surface area (TPSA) is 120 Å². The average Bonchev–Trinajstić information content (AvgIpc) is 2.78. The van der Waals surface area contributed by atoms with E-state index in [1.807, 2.05) is 29.2 Å². The average molecular weight is 423 g/mol. The van der Waals surface area contributed by atoms with E-state index in [-0.39, 0.29) is 29.4 Å². The summed E-state index contributed by atoms with van der Waals surface area (Å²) in [4.78, 5) is 16.4. The van der Waals surface area contributed by atoms with Crippen LogP contribution in [0.3, 0.4) is 0 Å². The van der Waals surface area contributed by atoms with E-state index in [0.717, 1.165) is 10.8 Å². The lowest BCUT2D eigenvalue weighted by Gasteiger charge is -2.34. The van der Waals surface area contributed by atoms with Gasteiger partial charge in [0.1, 0.15) is 11.9 Å². The lowest BCUT2D eigenvalue weighted by molar-refractivity contribution is -0.385. The summed E-state index contributed by atoms with van der Waals surface area (Å²) in [6, 6.07) is 17.1. The third-order valence-corrected chi connectivity index (χ3v) is 6.98. The quantitative estimate of drug-likeness (QED) is 0.467. The summed E-state index contributed by atoms with van der Waals surface area (Å²) in [6.07, 6.45) is 0. The predicted molar refractivity (Wildman–Crippen MR) is 111 cm³/mol. The SMILES string of the molecule is N#Cc1nc(N2CCN(S(=O)(=O)c3ccc4ccccc4c3)CC2)ccc1[N+](=O)[O-]. The molecular weight excluding hydrogens is 406 g/mol. The molecule has 0 radical (unpaired) electrons. The van der Waals surface area contributed by atoms with Crippen LogP contribution in [-0.2, 0) is 10.0 Å². The molecule has 152 valence electrons. The van der Waals surface area contributed by atoms with Gasteiger partial charge in [-0.25, -0.2) is 13.4 Å². The van der Waals surface area contributed by atoms with Crippen LogP contribution in [0.5, 0.6) is 0 Å². The van der Waals surface area contributed by atoms with Gasteiger partial charge in [0, 0.05) is 32.2 Å². The van der Waals surface area contributed by atoms with Gasteiger partial charge in [0.05, 0.1) is 9.82 Å². The van der Waals surface area contributed by atoms with Gasteiger partial charge in [-0.05, 0) is 29.0 Å². The van der Waals surface area contributed by atoms with Crippen molar-refractivity contribution in [3.63, 3.8) is 0 Å². The van der Waals surface area contributed by atoms with Crippen LogP contribution >= 0.6 is 0 Å². The van der Waals surface area contributed by atoms with Crippen molar-refractivity contribution in [3.8, 4) is 6.07 Å². The van der Waals surface area contributed by atoms with E-state index in [9.17, 15) is 18.5 Å². The van der Waals surface area contributed by atoms with Gasteiger partial charge < -0.3 is 4.90 Å². The van der Waals surface area contributed by atoms with E-state index in [4.69, 9.17) is 5.26 Å². The zero-order valence-corrected chi connectivity index (χ0v) is 16.6. The highest BCUT2D eigenvalue weighted by Gasteiger charge is 2.29. The van der Waals surface area contributed by atoms with Crippen molar-refractivity contribution < 1.29 is 13.3 Å². The van der Waals surface area contributed by atoms with E-state index in [1.54, 1.807) is 24.3 Å². The Balaban J connectivity index is 1.52. The Kier molecular flexibility index (Phi) is 5.07. The lowest BCUT2D eigenvalue weighted by atomic mass is 10.1. The number of fused-ring (bicyclic) bond motifs is 1. The maximum atomic E-state index is 13.1. The van der Waals surface area contributed by atoms with E-state index < -0.39 is 14.9 Å². The van der Waals surface area contributed by atoms with Crippen LogP contribution in [0.1, 0.15) is 5.69 Å². The molecule has 0 unspecified atom stereocenters. The number of pyridine rings is 1. The Morgan fingerprint density at radius 2 is 1.70 bits per heavy atom. The zero-order valence-electron chi connectivity index (χ0n) is 15.8. The standard InChI is InChI=1S/C20H17N5O4S/c21-14-18-19(25(26)27)7-8-20(22-18)23-9-11-24(12-10-23)30(28,29)17-6-5-15-3-1-2-4-16(15)13-17/h1-8,13H,9-12H2. The normalized spacial score (nSPS) is 15.1. The second-order valence-corrected chi connectivity index (χ2v) is 8.74. The number of hydrogen-bond acceptors (Lipinski definition) is 7. The number of anilines is 1. The summed E-state index contributed by atoms with van der Waals surface area (Å²) in [5.74, 6) is 0.417. The minimum Gasteiger partial charge on any atom is -0.354 e. The summed E-state index contributed by atoms with van der Waals surface area (Å²) in [5.41, 5.74) is -0.609. The fraction of sp³-hybridized carbons (Fsp3) is 0.200. The number of nitriles is 1. The molecule has 2 heterocycles. The van der Waals surface area contributed by atoms with Gasteiger partial charge in [0.2, 0.25) is 15.7 Å². The molecule has 3 aromatic rings. The predicted octanol–water partition coefficient (Wildman–Crippen LogP) is 2.53. The minimum absolute atomic E-state index is 0.245. The van der Waals surface area contributed by atoms with Crippen LogP contribution in [0.4, 0.5) is 11.5 Å². The molecule has 0 saturated carbocycles. The molecule has 2 aromatic carbocycles. The fourth-order valence-electron chi connectivity index (χ4n) is 3.48. The molecule has 10 heteroatoms. The van der Waals surface area contributed by atoms with Gasteiger partial charge in [0.15, 0.2) is 0 Å². The van der Waals surface area contributed by atoms with Gasteiger partial charge in [-0.15, -0.1) is 0 Å². The molecule has 4 rings (SSSR count). The Morgan fingerprint density at radius 1 is 1.00 bits per heavy atom. The van der Waals surface area contributed by atoms with Gasteiger partial charge in [0.25, 0.3) is 0 Å². The number of nitro groups is 1. The van der Waals surface area contributed by atoms with Crippen molar-refractivity contribution in [3.05, 3.63) is 70.4 Å². The third-order valence-electron chi connectivity index (χ3n) is 5.08. The molecule has 30 heavy (non-hydrogen) atoms. The summed E-state index contributed by atoms with van der Waals surface area (Å²) in [5, 5.41) is 21.9. The van der Waals surface area contributed by atoms with Crippen LogP contribution in [-0.4, -0.2) is 48.8 Å². The molecule has 0 amide bonds. The summed E-state index contributed by atoms with van der Waals surface area (Å²) >= 11 is 0. The van der Waals surface area contributed by atoms with Crippen molar-refractivity contribution in [1.29, 1.82) is 5.26 Å². The molecule has 1 aliphatic rings. The molecule has 0 spiro atoms. The van der Waals surface area contributed by atoms with Crippen LogP contribution in [0.15, 0.2) is 59.5 Å².